The molecule has 0 spiro atoms. The van der Waals surface area contributed by atoms with E-state index in [1.807, 2.05) is 18.2 Å². The van der Waals surface area contributed by atoms with Crippen LogP contribution in [-0.2, 0) is 0 Å². The summed E-state index contributed by atoms with van der Waals surface area (Å²) in [6, 6.07) is 11.0. The zero-order valence-electron chi connectivity index (χ0n) is 14.6. The molecule has 0 atom stereocenters. The molecule has 0 aromatic heterocycles. The summed E-state index contributed by atoms with van der Waals surface area (Å²) >= 11 is 0. The van der Waals surface area contributed by atoms with Gasteiger partial charge < -0.3 is 19.5 Å². The molecule has 0 radical (unpaired) electrons. The van der Waals surface area contributed by atoms with Crippen LogP contribution in [0.25, 0.3) is 0 Å². The highest BCUT2D eigenvalue weighted by atomic mass is 16.5. The Morgan fingerprint density at radius 1 is 1.00 bits per heavy atom. The van der Waals surface area contributed by atoms with Gasteiger partial charge in [0.15, 0.2) is 11.5 Å². The smallest absolute Gasteiger partial charge is 0.162 e. The Morgan fingerprint density at radius 3 is 2.29 bits per heavy atom. The predicted octanol–water partition coefficient (Wildman–Crippen LogP) is 4.01. The van der Waals surface area contributed by atoms with Crippen molar-refractivity contribution >= 4 is 17.6 Å². The van der Waals surface area contributed by atoms with E-state index < -0.39 is 0 Å². The van der Waals surface area contributed by atoms with E-state index >= 15 is 0 Å². The van der Waals surface area contributed by atoms with E-state index in [1.54, 1.807) is 38.6 Å². The summed E-state index contributed by atoms with van der Waals surface area (Å²) in [5.41, 5.74) is 2.39. The molecule has 0 bridgehead atoms. The van der Waals surface area contributed by atoms with Crippen molar-refractivity contribution in [3.8, 4) is 17.2 Å². The average Bonchev–Trinajstić information content (AvgIpc) is 2.61. The first-order valence-electron chi connectivity index (χ1n) is 7.97. The van der Waals surface area contributed by atoms with Gasteiger partial charge in [0.05, 0.1) is 19.9 Å². The van der Waals surface area contributed by atoms with E-state index in [0.29, 0.717) is 17.1 Å². The first kappa shape index (κ1) is 17.7. The molecule has 1 N–H and O–H groups in total. The van der Waals surface area contributed by atoms with Crippen LogP contribution >= 0.6 is 0 Å². The van der Waals surface area contributed by atoms with Crippen LogP contribution in [0.5, 0.6) is 17.2 Å². The van der Waals surface area contributed by atoms with Crippen molar-refractivity contribution in [1.29, 1.82) is 0 Å². The highest BCUT2D eigenvalue weighted by Crippen LogP contribution is 2.31. The average molecular weight is 328 g/mol. The van der Waals surface area contributed by atoms with Crippen molar-refractivity contribution in [2.24, 2.45) is 4.99 Å². The van der Waals surface area contributed by atoms with Crippen LogP contribution in [0.3, 0.4) is 0 Å². The molecule has 0 aliphatic heterocycles. The number of phenolic OH excluding ortho intramolecular Hbond substituents is 1. The first-order valence-corrected chi connectivity index (χ1v) is 7.97. The van der Waals surface area contributed by atoms with Crippen LogP contribution in [0.4, 0.5) is 11.4 Å². The lowest BCUT2D eigenvalue weighted by molar-refractivity contribution is 0.355. The van der Waals surface area contributed by atoms with E-state index in [4.69, 9.17) is 9.47 Å². The number of nitrogens with zero attached hydrogens (tertiary/aromatic N) is 2. The Kier molecular flexibility index (Phi) is 6.07. The van der Waals surface area contributed by atoms with E-state index in [0.717, 1.165) is 24.5 Å². The van der Waals surface area contributed by atoms with Crippen molar-refractivity contribution in [1.82, 2.24) is 0 Å². The molecule has 2 aromatic rings. The number of hydrogen-bond acceptors (Lipinski definition) is 5. The van der Waals surface area contributed by atoms with Gasteiger partial charge in [-0.05, 0) is 38.1 Å². The minimum Gasteiger partial charge on any atom is -0.507 e. The molecular weight excluding hydrogens is 304 g/mol. The second-order valence-corrected chi connectivity index (χ2v) is 5.21. The normalized spacial score (nSPS) is 10.8. The molecular formula is C19H24N2O3. The SMILES string of the molecule is CCN(CC)c1ccc(C=Nc2ccc(OC)c(OC)c2)c(O)c1. The fourth-order valence-corrected chi connectivity index (χ4v) is 2.48. The van der Waals surface area contributed by atoms with Gasteiger partial charge in [-0.25, -0.2) is 0 Å². The molecule has 0 saturated carbocycles. The summed E-state index contributed by atoms with van der Waals surface area (Å²) in [6.45, 7) is 5.98. The van der Waals surface area contributed by atoms with Gasteiger partial charge in [0.2, 0.25) is 0 Å². The van der Waals surface area contributed by atoms with E-state index in [9.17, 15) is 5.11 Å². The number of aromatic hydroxyl groups is 1. The molecule has 0 heterocycles. The molecule has 0 aliphatic rings. The zero-order chi connectivity index (χ0) is 17.5. The van der Waals surface area contributed by atoms with Crippen LogP contribution < -0.4 is 14.4 Å². The Labute approximate surface area is 143 Å². The van der Waals surface area contributed by atoms with Crippen molar-refractivity contribution < 1.29 is 14.6 Å². The minimum atomic E-state index is 0.212. The molecule has 0 amide bonds. The van der Waals surface area contributed by atoms with Gasteiger partial charge in [-0.3, -0.25) is 4.99 Å². The molecule has 128 valence electrons. The highest BCUT2D eigenvalue weighted by Gasteiger charge is 2.06. The van der Waals surface area contributed by atoms with Gasteiger partial charge >= 0.3 is 0 Å². The van der Waals surface area contributed by atoms with Gasteiger partial charge in [0, 0.05) is 42.7 Å². The molecule has 0 unspecified atom stereocenters. The Hall–Kier alpha value is -2.69. The summed E-state index contributed by atoms with van der Waals surface area (Å²) in [4.78, 5) is 6.58. The van der Waals surface area contributed by atoms with Crippen LogP contribution in [0.1, 0.15) is 19.4 Å². The number of aliphatic imine (C=N–C) groups is 1. The van der Waals surface area contributed by atoms with Crippen molar-refractivity contribution in [2.45, 2.75) is 13.8 Å². The highest BCUT2D eigenvalue weighted by molar-refractivity contribution is 5.86. The number of phenols is 1. The third-order valence-corrected chi connectivity index (χ3v) is 3.86. The molecule has 0 saturated heterocycles. The van der Waals surface area contributed by atoms with Crippen LogP contribution in [0, 0.1) is 0 Å². The third-order valence-electron chi connectivity index (χ3n) is 3.86. The monoisotopic (exact) mass is 328 g/mol. The standard InChI is InChI=1S/C19H24N2O3/c1-5-21(6-2)16-9-7-14(17(22)12-16)13-20-15-8-10-18(23-3)19(11-15)24-4/h7-13,22H,5-6H2,1-4H3. The fraction of sp³-hybridized carbons (Fsp3) is 0.316. The van der Waals surface area contributed by atoms with Gasteiger partial charge in [-0.15, -0.1) is 0 Å². The molecule has 5 nitrogen and oxygen atoms in total. The third kappa shape index (κ3) is 3.98. The second-order valence-electron chi connectivity index (χ2n) is 5.21. The lowest BCUT2D eigenvalue weighted by Gasteiger charge is -2.21. The number of benzene rings is 2. The molecule has 5 heteroatoms. The van der Waals surface area contributed by atoms with Crippen molar-refractivity contribution in [3.63, 3.8) is 0 Å². The predicted molar refractivity (Wildman–Crippen MR) is 98.5 cm³/mol. The van der Waals surface area contributed by atoms with Gasteiger partial charge in [0.25, 0.3) is 0 Å². The molecule has 24 heavy (non-hydrogen) atoms. The maximum Gasteiger partial charge on any atom is 0.162 e. The number of anilines is 1. The summed E-state index contributed by atoms with van der Waals surface area (Å²) in [7, 11) is 3.18. The summed E-state index contributed by atoms with van der Waals surface area (Å²) in [6.07, 6.45) is 1.64. The number of methoxy groups -OCH3 is 2. The molecule has 2 rings (SSSR count). The summed E-state index contributed by atoms with van der Waals surface area (Å²) < 4.78 is 10.5. The van der Waals surface area contributed by atoms with Crippen LogP contribution in [-0.4, -0.2) is 38.6 Å². The summed E-state index contributed by atoms with van der Waals surface area (Å²) in [5, 5.41) is 10.2. The maximum atomic E-state index is 10.2. The second kappa shape index (κ2) is 8.24. The Morgan fingerprint density at radius 2 is 1.71 bits per heavy atom. The Balaban J connectivity index is 2.23. The lowest BCUT2D eigenvalue weighted by atomic mass is 10.1. The van der Waals surface area contributed by atoms with Crippen molar-refractivity contribution in [3.05, 3.63) is 42.0 Å². The van der Waals surface area contributed by atoms with Gasteiger partial charge in [-0.1, -0.05) is 0 Å². The van der Waals surface area contributed by atoms with Crippen LogP contribution in [0.15, 0.2) is 41.4 Å². The van der Waals surface area contributed by atoms with Gasteiger partial charge in [-0.2, -0.15) is 0 Å². The first-order chi connectivity index (χ1) is 11.6. The fourth-order valence-electron chi connectivity index (χ4n) is 2.48. The number of ether oxygens (including phenoxy) is 2. The maximum absolute atomic E-state index is 10.2. The van der Waals surface area contributed by atoms with Gasteiger partial charge in [0.1, 0.15) is 5.75 Å². The topological polar surface area (TPSA) is 54.3 Å². The molecule has 0 fully saturated rings. The van der Waals surface area contributed by atoms with E-state index in [2.05, 4.69) is 23.7 Å². The zero-order valence-corrected chi connectivity index (χ0v) is 14.6. The molecule has 0 aliphatic carbocycles. The Bertz CT molecular complexity index is 710. The van der Waals surface area contributed by atoms with Crippen LogP contribution in [0.2, 0.25) is 0 Å². The summed E-state index contributed by atoms with van der Waals surface area (Å²) in [5.74, 6) is 1.49. The van der Waals surface area contributed by atoms with Crippen molar-refractivity contribution in [2.75, 3.05) is 32.2 Å². The number of rotatable bonds is 7. The quantitative estimate of drug-likeness (QED) is 0.780. The lowest BCUT2D eigenvalue weighted by Crippen LogP contribution is -2.21. The van der Waals surface area contributed by atoms with E-state index in [1.165, 1.54) is 0 Å². The minimum absolute atomic E-state index is 0.212. The molecule has 2 aromatic carbocycles. The largest absolute Gasteiger partial charge is 0.507 e. The number of hydrogen-bond donors (Lipinski definition) is 1. The van der Waals surface area contributed by atoms with E-state index in [-0.39, 0.29) is 5.75 Å².